The smallest absolute Gasteiger partial charge is 0.251 e. The second-order valence-corrected chi connectivity index (χ2v) is 7.62. The molecule has 2 aromatic carbocycles. The number of hydrogen-bond donors (Lipinski definition) is 2. The number of nitrogens with one attached hydrogen (secondary N) is 2. The first-order valence-corrected chi connectivity index (χ1v) is 10.9. The molecule has 1 aliphatic heterocycles. The summed E-state index contributed by atoms with van der Waals surface area (Å²) in [6.45, 7) is 2.69. The van der Waals surface area contributed by atoms with Crippen molar-refractivity contribution >= 4 is 11.8 Å². The van der Waals surface area contributed by atoms with Gasteiger partial charge in [0.05, 0.1) is 47.1 Å². The van der Waals surface area contributed by atoms with Gasteiger partial charge in [0.2, 0.25) is 11.7 Å². The van der Waals surface area contributed by atoms with E-state index in [0.29, 0.717) is 50.1 Å². The van der Waals surface area contributed by atoms with Crippen LogP contribution in [-0.4, -0.2) is 77.4 Å². The number of benzene rings is 2. The van der Waals surface area contributed by atoms with Gasteiger partial charge < -0.3 is 29.6 Å². The highest BCUT2D eigenvalue weighted by molar-refractivity contribution is 5.97. The zero-order valence-corrected chi connectivity index (χ0v) is 19.6. The van der Waals surface area contributed by atoms with Crippen LogP contribution >= 0.6 is 0 Å². The van der Waals surface area contributed by atoms with E-state index in [0.717, 1.165) is 5.56 Å². The molecule has 0 aliphatic carbocycles. The number of methoxy groups -OCH3 is 3. The Kier molecular flexibility index (Phi) is 9.06. The van der Waals surface area contributed by atoms with Crippen LogP contribution in [-0.2, 0) is 9.53 Å². The molecule has 1 unspecified atom stereocenters. The molecule has 0 bridgehead atoms. The summed E-state index contributed by atoms with van der Waals surface area (Å²) >= 11 is 0. The number of hydrogen-bond acceptors (Lipinski definition) is 7. The van der Waals surface area contributed by atoms with Crippen molar-refractivity contribution in [3.05, 3.63) is 53.3 Å². The second-order valence-electron chi connectivity index (χ2n) is 7.62. The van der Waals surface area contributed by atoms with Crippen molar-refractivity contribution < 1.29 is 32.9 Å². The third-order valence-electron chi connectivity index (χ3n) is 5.57. The van der Waals surface area contributed by atoms with Crippen LogP contribution in [0.15, 0.2) is 36.4 Å². The summed E-state index contributed by atoms with van der Waals surface area (Å²) in [5.41, 5.74) is 1.16. The van der Waals surface area contributed by atoms with E-state index in [4.69, 9.17) is 18.9 Å². The Morgan fingerprint density at radius 2 is 1.62 bits per heavy atom. The lowest BCUT2D eigenvalue weighted by atomic mass is 10.0. The lowest BCUT2D eigenvalue weighted by Gasteiger charge is -2.35. The van der Waals surface area contributed by atoms with Gasteiger partial charge in [-0.1, -0.05) is 12.1 Å². The van der Waals surface area contributed by atoms with E-state index in [1.165, 1.54) is 45.6 Å². The summed E-state index contributed by atoms with van der Waals surface area (Å²) in [6, 6.07) is 9.13. The molecule has 1 aliphatic rings. The van der Waals surface area contributed by atoms with E-state index in [1.807, 2.05) is 0 Å². The highest BCUT2D eigenvalue weighted by Crippen LogP contribution is 2.38. The summed E-state index contributed by atoms with van der Waals surface area (Å²) < 4.78 is 34.6. The summed E-state index contributed by atoms with van der Waals surface area (Å²) in [5, 5.41) is 5.47. The van der Waals surface area contributed by atoms with E-state index < -0.39 is 5.91 Å². The first kappa shape index (κ1) is 25.3. The van der Waals surface area contributed by atoms with Crippen molar-refractivity contribution in [1.82, 2.24) is 15.5 Å². The van der Waals surface area contributed by atoms with Crippen molar-refractivity contribution in [1.29, 1.82) is 0 Å². The van der Waals surface area contributed by atoms with Crippen LogP contribution < -0.4 is 24.8 Å². The third-order valence-corrected chi connectivity index (χ3v) is 5.57. The van der Waals surface area contributed by atoms with E-state index in [2.05, 4.69) is 15.5 Å². The minimum Gasteiger partial charge on any atom is -0.493 e. The molecule has 10 heteroatoms. The van der Waals surface area contributed by atoms with Crippen molar-refractivity contribution in [3.8, 4) is 17.2 Å². The van der Waals surface area contributed by atoms with Crippen LogP contribution in [0.1, 0.15) is 22.0 Å². The zero-order valence-electron chi connectivity index (χ0n) is 19.6. The summed E-state index contributed by atoms with van der Waals surface area (Å²) in [5.74, 6) is -0.0794. The number of carbonyl (C=O) groups excluding carboxylic acids is 2. The quantitative estimate of drug-likeness (QED) is 0.541. The highest BCUT2D eigenvalue weighted by atomic mass is 19.1. The highest BCUT2D eigenvalue weighted by Gasteiger charge is 2.23. The first-order valence-electron chi connectivity index (χ1n) is 10.9. The maximum absolute atomic E-state index is 13.4. The monoisotopic (exact) mass is 475 g/mol. The Balaban J connectivity index is 1.61. The summed E-state index contributed by atoms with van der Waals surface area (Å²) in [7, 11) is 4.39. The van der Waals surface area contributed by atoms with Crippen molar-refractivity contribution in [3.63, 3.8) is 0 Å². The predicted molar refractivity (Wildman–Crippen MR) is 123 cm³/mol. The third kappa shape index (κ3) is 6.36. The average Bonchev–Trinajstić information content (AvgIpc) is 2.88. The Labute approximate surface area is 198 Å². The maximum atomic E-state index is 13.4. The van der Waals surface area contributed by atoms with Gasteiger partial charge in [0.1, 0.15) is 5.82 Å². The molecule has 1 atom stereocenters. The lowest BCUT2D eigenvalue weighted by Crippen LogP contribution is -2.45. The van der Waals surface area contributed by atoms with Crippen molar-refractivity contribution in [2.45, 2.75) is 6.04 Å². The molecule has 3 rings (SSSR count). The number of amides is 2. The molecule has 34 heavy (non-hydrogen) atoms. The Bertz CT molecular complexity index is 954. The lowest BCUT2D eigenvalue weighted by molar-refractivity contribution is -0.120. The SMILES string of the molecule is COc1cc(C(=O)NCC(=O)NCC(c2ccc(F)cc2)N2CCOCC2)cc(OC)c1OC. The van der Waals surface area contributed by atoms with Gasteiger partial charge in [-0.15, -0.1) is 0 Å². The van der Waals surface area contributed by atoms with Crippen LogP contribution in [0.5, 0.6) is 17.2 Å². The van der Waals surface area contributed by atoms with Crippen LogP contribution in [0.3, 0.4) is 0 Å². The Morgan fingerprint density at radius 1 is 1.00 bits per heavy atom. The Morgan fingerprint density at radius 3 is 2.18 bits per heavy atom. The largest absolute Gasteiger partial charge is 0.493 e. The molecule has 2 N–H and O–H groups in total. The molecule has 1 saturated heterocycles. The number of halogens is 1. The molecule has 9 nitrogen and oxygen atoms in total. The summed E-state index contributed by atoms with van der Waals surface area (Å²) in [6.07, 6.45) is 0. The van der Waals surface area contributed by atoms with Gasteiger partial charge in [0, 0.05) is 25.2 Å². The molecule has 0 aromatic heterocycles. The number of nitrogens with zero attached hydrogens (tertiary/aromatic N) is 1. The van der Waals surface area contributed by atoms with Gasteiger partial charge in [0.15, 0.2) is 11.5 Å². The minimum absolute atomic E-state index is 0.140. The summed E-state index contributed by atoms with van der Waals surface area (Å²) in [4.78, 5) is 27.3. The molecule has 0 spiro atoms. The molecule has 0 radical (unpaired) electrons. The molecule has 1 heterocycles. The van der Waals surface area contributed by atoms with Gasteiger partial charge >= 0.3 is 0 Å². The number of ether oxygens (including phenoxy) is 4. The van der Waals surface area contributed by atoms with E-state index >= 15 is 0 Å². The fraction of sp³-hybridized carbons (Fsp3) is 0.417. The molecule has 2 aromatic rings. The van der Waals surface area contributed by atoms with Crippen LogP contribution in [0, 0.1) is 5.82 Å². The Hall–Kier alpha value is -3.37. The molecule has 184 valence electrons. The predicted octanol–water partition coefficient (Wildman–Crippen LogP) is 1.77. The van der Waals surface area contributed by atoms with E-state index in [9.17, 15) is 14.0 Å². The molecular formula is C24H30FN3O6. The topological polar surface area (TPSA) is 98.4 Å². The number of rotatable bonds is 10. The average molecular weight is 476 g/mol. The zero-order chi connectivity index (χ0) is 24.5. The minimum atomic E-state index is -0.460. The van der Waals surface area contributed by atoms with Gasteiger partial charge in [-0.2, -0.15) is 0 Å². The fourth-order valence-electron chi connectivity index (χ4n) is 3.78. The van der Waals surface area contributed by atoms with Gasteiger partial charge in [-0.3, -0.25) is 14.5 Å². The molecule has 1 fully saturated rings. The number of morpholine rings is 1. The number of carbonyl (C=O) groups is 2. The normalized spacial score (nSPS) is 14.7. The van der Waals surface area contributed by atoms with Crippen molar-refractivity contribution in [2.24, 2.45) is 0 Å². The van der Waals surface area contributed by atoms with Gasteiger partial charge in [-0.25, -0.2) is 4.39 Å². The van der Waals surface area contributed by atoms with Crippen LogP contribution in [0.4, 0.5) is 4.39 Å². The van der Waals surface area contributed by atoms with Gasteiger partial charge in [0.25, 0.3) is 5.91 Å². The first-order chi connectivity index (χ1) is 16.5. The molecule has 2 amide bonds. The second kappa shape index (κ2) is 12.2. The van der Waals surface area contributed by atoms with E-state index in [-0.39, 0.29) is 29.9 Å². The van der Waals surface area contributed by atoms with Crippen molar-refractivity contribution in [2.75, 3.05) is 60.7 Å². The van der Waals surface area contributed by atoms with Gasteiger partial charge in [-0.05, 0) is 29.8 Å². The molecular weight excluding hydrogens is 445 g/mol. The van der Waals surface area contributed by atoms with E-state index in [1.54, 1.807) is 12.1 Å². The van der Waals surface area contributed by atoms with Crippen LogP contribution in [0.2, 0.25) is 0 Å². The molecule has 0 saturated carbocycles. The standard InChI is InChI=1S/C24H30FN3O6/c1-31-20-12-17(13-21(32-2)23(20)33-3)24(30)27-15-22(29)26-14-19(28-8-10-34-11-9-28)16-4-6-18(25)7-5-16/h4-7,12-13,19H,8-11,14-15H2,1-3H3,(H,26,29)(H,27,30). The fourth-order valence-corrected chi connectivity index (χ4v) is 3.78. The van der Waals surface area contributed by atoms with Crippen LogP contribution in [0.25, 0.3) is 0 Å². The maximum Gasteiger partial charge on any atom is 0.251 e.